The van der Waals surface area contributed by atoms with Crippen LogP contribution < -0.4 is 5.73 Å². The summed E-state index contributed by atoms with van der Waals surface area (Å²) in [4.78, 5) is 3.71. The molecule has 0 fully saturated rings. The highest BCUT2D eigenvalue weighted by Gasteiger charge is 2.37. The molecule has 1 heterocycles. The van der Waals surface area contributed by atoms with Gasteiger partial charge in [0.1, 0.15) is 6.61 Å². The molecule has 0 bridgehead atoms. The molecule has 1 aromatic rings. The van der Waals surface area contributed by atoms with Gasteiger partial charge in [0.15, 0.2) is 0 Å². The number of alkyl halides is 2. The van der Waals surface area contributed by atoms with Crippen molar-refractivity contribution in [3.63, 3.8) is 0 Å². The third-order valence-electron chi connectivity index (χ3n) is 1.75. The van der Waals surface area contributed by atoms with Gasteiger partial charge in [0.25, 0.3) is 5.92 Å². The van der Waals surface area contributed by atoms with E-state index in [1.165, 1.54) is 18.5 Å². The molecule has 78 valence electrons. The van der Waals surface area contributed by atoms with Crippen LogP contribution in [0.5, 0.6) is 0 Å². The Labute approximate surface area is 88.1 Å². The number of nitrogens with zero attached hydrogens (tertiary/aromatic N) is 1. The standard InChI is InChI=1S/C8H9BrF2N2O/c9-6-1-5(2-13-3-6)7(12)8(10,11)4-14/h1-3,7,14H,4,12H2. The van der Waals surface area contributed by atoms with Crippen LogP contribution in [0.25, 0.3) is 0 Å². The summed E-state index contributed by atoms with van der Waals surface area (Å²) in [6, 6.07) is -0.0983. The van der Waals surface area contributed by atoms with E-state index < -0.39 is 18.6 Å². The number of aromatic nitrogens is 1. The summed E-state index contributed by atoms with van der Waals surface area (Å²) < 4.78 is 26.5. The molecule has 0 saturated heterocycles. The minimum absolute atomic E-state index is 0.179. The third-order valence-corrected chi connectivity index (χ3v) is 2.18. The Morgan fingerprint density at radius 2 is 2.21 bits per heavy atom. The summed E-state index contributed by atoms with van der Waals surface area (Å²) >= 11 is 3.09. The van der Waals surface area contributed by atoms with Crippen molar-refractivity contribution in [1.29, 1.82) is 0 Å². The Bertz CT molecular complexity index is 322. The van der Waals surface area contributed by atoms with Crippen molar-refractivity contribution in [2.45, 2.75) is 12.0 Å². The Morgan fingerprint density at radius 3 is 2.71 bits per heavy atom. The maximum Gasteiger partial charge on any atom is 0.289 e. The smallest absolute Gasteiger partial charge is 0.289 e. The summed E-state index contributed by atoms with van der Waals surface area (Å²) in [7, 11) is 0. The van der Waals surface area contributed by atoms with Gasteiger partial charge in [-0.1, -0.05) is 0 Å². The molecule has 0 saturated carbocycles. The van der Waals surface area contributed by atoms with Crippen molar-refractivity contribution in [3.05, 3.63) is 28.5 Å². The summed E-state index contributed by atoms with van der Waals surface area (Å²) in [5.41, 5.74) is 5.46. The number of aliphatic hydroxyl groups excluding tert-OH is 1. The van der Waals surface area contributed by atoms with Crippen LogP contribution in [0.2, 0.25) is 0 Å². The van der Waals surface area contributed by atoms with Gasteiger partial charge in [0, 0.05) is 16.9 Å². The van der Waals surface area contributed by atoms with E-state index >= 15 is 0 Å². The van der Waals surface area contributed by atoms with Crippen LogP contribution in [0, 0.1) is 0 Å². The van der Waals surface area contributed by atoms with Crippen molar-refractivity contribution in [1.82, 2.24) is 4.98 Å². The normalized spacial score (nSPS) is 14.1. The molecule has 0 aliphatic carbocycles. The lowest BCUT2D eigenvalue weighted by molar-refractivity contribution is -0.0712. The largest absolute Gasteiger partial charge is 0.390 e. The second-order valence-electron chi connectivity index (χ2n) is 2.83. The van der Waals surface area contributed by atoms with Crippen molar-refractivity contribution >= 4 is 15.9 Å². The second kappa shape index (κ2) is 4.29. The number of pyridine rings is 1. The first-order valence-corrected chi connectivity index (χ1v) is 4.61. The fraction of sp³-hybridized carbons (Fsp3) is 0.375. The highest BCUT2D eigenvalue weighted by atomic mass is 79.9. The lowest BCUT2D eigenvalue weighted by atomic mass is 10.0. The summed E-state index contributed by atoms with van der Waals surface area (Å²) in [5.74, 6) is -3.33. The molecule has 6 heteroatoms. The summed E-state index contributed by atoms with van der Waals surface area (Å²) in [6.45, 7) is -1.28. The third kappa shape index (κ3) is 2.46. The van der Waals surface area contributed by atoms with E-state index in [1.54, 1.807) is 0 Å². The Kier molecular flexibility index (Phi) is 3.52. The summed E-state index contributed by atoms with van der Waals surface area (Å²) in [5, 5.41) is 8.43. The van der Waals surface area contributed by atoms with Gasteiger partial charge in [-0.3, -0.25) is 4.98 Å². The first-order chi connectivity index (χ1) is 6.47. The average molecular weight is 267 g/mol. The maximum absolute atomic E-state index is 12.9. The Balaban J connectivity index is 2.94. The van der Waals surface area contributed by atoms with Gasteiger partial charge in [-0.05, 0) is 27.6 Å². The molecule has 0 aliphatic heterocycles. The van der Waals surface area contributed by atoms with Crippen LogP contribution in [0.4, 0.5) is 8.78 Å². The zero-order valence-electron chi connectivity index (χ0n) is 7.12. The van der Waals surface area contributed by atoms with E-state index in [-0.39, 0.29) is 5.56 Å². The molecule has 1 aromatic heterocycles. The van der Waals surface area contributed by atoms with Gasteiger partial charge in [0.05, 0.1) is 6.04 Å². The lowest BCUT2D eigenvalue weighted by Crippen LogP contribution is -2.36. The molecule has 1 unspecified atom stereocenters. The number of nitrogens with two attached hydrogens (primary N) is 1. The molecule has 1 atom stereocenters. The van der Waals surface area contributed by atoms with Crippen molar-refractivity contribution in [3.8, 4) is 0 Å². The van der Waals surface area contributed by atoms with Crippen molar-refractivity contribution in [2.75, 3.05) is 6.61 Å². The van der Waals surface area contributed by atoms with Gasteiger partial charge in [-0.25, -0.2) is 8.78 Å². The zero-order valence-corrected chi connectivity index (χ0v) is 8.71. The van der Waals surface area contributed by atoms with Gasteiger partial charge in [0.2, 0.25) is 0 Å². The number of hydrogen-bond donors (Lipinski definition) is 2. The first-order valence-electron chi connectivity index (χ1n) is 3.82. The number of rotatable bonds is 3. The van der Waals surface area contributed by atoms with Crippen LogP contribution >= 0.6 is 15.9 Å². The maximum atomic E-state index is 12.9. The van der Waals surface area contributed by atoms with Crippen molar-refractivity contribution in [2.24, 2.45) is 5.73 Å². The topological polar surface area (TPSA) is 59.1 Å². The predicted octanol–water partition coefficient (Wildman–Crippen LogP) is 1.47. The molecule has 3 nitrogen and oxygen atoms in total. The van der Waals surface area contributed by atoms with E-state index in [1.807, 2.05) is 0 Å². The molecular formula is C8H9BrF2N2O. The minimum Gasteiger partial charge on any atom is -0.390 e. The molecule has 0 aromatic carbocycles. The Hall–Kier alpha value is -0.590. The first kappa shape index (κ1) is 11.5. The zero-order chi connectivity index (χ0) is 10.8. The average Bonchev–Trinajstić information content (AvgIpc) is 2.16. The number of aliphatic hydroxyl groups is 1. The fourth-order valence-corrected chi connectivity index (χ4v) is 1.32. The molecule has 0 spiro atoms. The molecule has 3 N–H and O–H groups in total. The number of halogens is 3. The molecule has 0 amide bonds. The SMILES string of the molecule is NC(c1cncc(Br)c1)C(F)(F)CO. The van der Waals surface area contributed by atoms with E-state index in [4.69, 9.17) is 10.8 Å². The lowest BCUT2D eigenvalue weighted by Gasteiger charge is -2.21. The van der Waals surface area contributed by atoms with E-state index in [0.717, 1.165) is 0 Å². The quantitative estimate of drug-likeness (QED) is 0.871. The molecule has 14 heavy (non-hydrogen) atoms. The van der Waals surface area contributed by atoms with Crippen LogP contribution in [0.3, 0.4) is 0 Å². The second-order valence-corrected chi connectivity index (χ2v) is 3.75. The van der Waals surface area contributed by atoms with Crippen LogP contribution in [-0.2, 0) is 0 Å². The van der Waals surface area contributed by atoms with Gasteiger partial charge in [-0.15, -0.1) is 0 Å². The van der Waals surface area contributed by atoms with Crippen molar-refractivity contribution < 1.29 is 13.9 Å². The highest BCUT2D eigenvalue weighted by Crippen LogP contribution is 2.29. The van der Waals surface area contributed by atoms with Gasteiger partial charge in [-0.2, -0.15) is 0 Å². The molecule has 0 radical (unpaired) electrons. The minimum atomic E-state index is -3.33. The Morgan fingerprint density at radius 1 is 1.57 bits per heavy atom. The van der Waals surface area contributed by atoms with Crippen LogP contribution in [0.1, 0.15) is 11.6 Å². The van der Waals surface area contributed by atoms with E-state index in [2.05, 4.69) is 20.9 Å². The van der Waals surface area contributed by atoms with E-state index in [0.29, 0.717) is 4.47 Å². The number of hydrogen-bond acceptors (Lipinski definition) is 3. The van der Waals surface area contributed by atoms with Crippen LogP contribution in [0.15, 0.2) is 22.9 Å². The fourth-order valence-electron chi connectivity index (χ4n) is 0.941. The van der Waals surface area contributed by atoms with Gasteiger partial charge >= 0.3 is 0 Å². The van der Waals surface area contributed by atoms with E-state index in [9.17, 15) is 8.78 Å². The van der Waals surface area contributed by atoms with Crippen LogP contribution in [-0.4, -0.2) is 22.6 Å². The molecule has 1 rings (SSSR count). The monoisotopic (exact) mass is 266 g/mol. The molecular weight excluding hydrogens is 258 g/mol. The molecule has 0 aliphatic rings. The highest BCUT2D eigenvalue weighted by molar-refractivity contribution is 9.10. The predicted molar refractivity (Wildman–Crippen MR) is 50.9 cm³/mol. The summed E-state index contributed by atoms with van der Waals surface area (Å²) in [6.07, 6.45) is 2.71. The van der Waals surface area contributed by atoms with Gasteiger partial charge < -0.3 is 10.8 Å².